The van der Waals surface area contributed by atoms with Crippen molar-refractivity contribution in [2.75, 3.05) is 6.61 Å². The van der Waals surface area contributed by atoms with Crippen LogP contribution in [0.5, 0.6) is 0 Å². The smallest absolute Gasteiger partial charge is 0.151 e. The number of carbonyl (C=O) groups is 1. The number of rotatable bonds is 5. The van der Waals surface area contributed by atoms with Crippen molar-refractivity contribution in [3.05, 3.63) is 0 Å². The Labute approximate surface area is 63.2 Å². The van der Waals surface area contributed by atoms with E-state index in [2.05, 4.69) is 10.7 Å². The quantitative estimate of drug-likeness (QED) is 0.258. The summed E-state index contributed by atoms with van der Waals surface area (Å²) < 4.78 is 0. The Morgan fingerprint density at radius 2 is 2.09 bits per heavy atom. The van der Waals surface area contributed by atoms with Gasteiger partial charge in [-0.05, 0) is 0 Å². The van der Waals surface area contributed by atoms with Crippen LogP contribution in [0.25, 0.3) is 0 Å². The second kappa shape index (κ2) is 5.16. The summed E-state index contributed by atoms with van der Waals surface area (Å²) in [6.07, 6.45) is -4.10. The van der Waals surface area contributed by atoms with E-state index in [1.807, 2.05) is 0 Å². The molecule has 0 spiro atoms. The first-order valence-electron chi connectivity index (χ1n) is 2.95. The van der Waals surface area contributed by atoms with Gasteiger partial charge in [-0.1, -0.05) is 0 Å². The summed E-state index contributed by atoms with van der Waals surface area (Å²) in [5.74, 6) is 4.63. The number of hydrogen-bond acceptors (Lipinski definition) is 6. The van der Waals surface area contributed by atoms with Crippen LogP contribution in [0.4, 0.5) is 0 Å². The molecule has 0 amide bonds. The van der Waals surface area contributed by atoms with E-state index in [4.69, 9.17) is 15.3 Å². The van der Waals surface area contributed by atoms with Crippen molar-refractivity contribution in [3.8, 4) is 0 Å². The van der Waals surface area contributed by atoms with E-state index in [9.17, 15) is 4.79 Å². The molecule has 0 rings (SSSR count). The molecule has 0 aromatic rings. The van der Waals surface area contributed by atoms with Crippen LogP contribution in [0.2, 0.25) is 0 Å². The number of aldehydes is 1. The fraction of sp³-hybridized carbons (Fsp3) is 0.800. The molecule has 0 saturated heterocycles. The van der Waals surface area contributed by atoms with Gasteiger partial charge in [-0.25, -0.2) is 5.90 Å². The minimum atomic E-state index is -1.59. The summed E-state index contributed by atoms with van der Waals surface area (Å²) in [7, 11) is 0. The summed E-state index contributed by atoms with van der Waals surface area (Å²) in [5, 5.41) is 26.1. The van der Waals surface area contributed by atoms with Crippen molar-refractivity contribution < 1.29 is 25.0 Å². The molecule has 0 fully saturated rings. The molecule has 0 unspecified atom stereocenters. The first kappa shape index (κ1) is 10.5. The standard InChI is InChI=1S/C5H11NO5/c6-11-4(2-8)5(10)3(9)1-7/h1,3-5,8-10H,2,6H2/t3-,4-,5+/m1/s1. The second-order valence-corrected chi connectivity index (χ2v) is 1.97. The van der Waals surface area contributed by atoms with Gasteiger partial charge in [0.2, 0.25) is 0 Å². The number of aliphatic hydroxyl groups excluding tert-OH is 3. The summed E-state index contributed by atoms with van der Waals surface area (Å²) in [4.78, 5) is 14.0. The molecule has 11 heavy (non-hydrogen) atoms. The van der Waals surface area contributed by atoms with E-state index < -0.39 is 24.9 Å². The Kier molecular flexibility index (Phi) is 4.92. The van der Waals surface area contributed by atoms with Crippen molar-refractivity contribution in [2.24, 2.45) is 5.90 Å². The zero-order valence-corrected chi connectivity index (χ0v) is 5.75. The van der Waals surface area contributed by atoms with E-state index in [0.29, 0.717) is 0 Å². The highest BCUT2D eigenvalue weighted by Gasteiger charge is 2.25. The van der Waals surface area contributed by atoms with E-state index in [-0.39, 0.29) is 6.29 Å². The summed E-state index contributed by atoms with van der Waals surface area (Å²) in [6, 6.07) is 0. The molecule has 0 saturated carbocycles. The van der Waals surface area contributed by atoms with E-state index in [1.165, 1.54) is 0 Å². The highest BCUT2D eigenvalue weighted by molar-refractivity contribution is 5.56. The first-order chi connectivity index (χ1) is 5.17. The predicted molar refractivity (Wildman–Crippen MR) is 34.2 cm³/mol. The number of nitrogens with two attached hydrogens (primary N) is 1. The normalized spacial score (nSPS) is 18.9. The molecule has 6 heteroatoms. The highest BCUT2D eigenvalue weighted by atomic mass is 16.6. The van der Waals surface area contributed by atoms with Crippen molar-refractivity contribution >= 4 is 6.29 Å². The number of aliphatic hydroxyl groups is 3. The van der Waals surface area contributed by atoms with Crippen molar-refractivity contribution in [1.29, 1.82) is 0 Å². The van der Waals surface area contributed by atoms with Gasteiger partial charge in [0.1, 0.15) is 18.3 Å². The van der Waals surface area contributed by atoms with Gasteiger partial charge < -0.3 is 20.1 Å². The van der Waals surface area contributed by atoms with E-state index >= 15 is 0 Å². The van der Waals surface area contributed by atoms with Crippen LogP contribution >= 0.6 is 0 Å². The average Bonchev–Trinajstić information content (AvgIpc) is 2.05. The van der Waals surface area contributed by atoms with Crippen LogP contribution in [-0.4, -0.2) is 46.5 Å². The van der Waals surface area contributed by atoms with Gasteiger partial charge in [0.05, 0.1) is 6.61 Å². The monoisotopic (exact) mass is 165 g/mol. The third-order valence-electron chi connectivity index (χ3n) is 1.22. The molecule has 6 nitrogen and oxygen atoms in total. The lowest BCUT2D eigenvalue weighted by Gasteiger charge is -2.19. The molecular weight excluding hydrogens is 154 g/mol. The summed E-state index contributed by atoms with van der Waals surface area (Å²) >= 11 is 0. The second-order valence-electron chi connectivity index (χ2n) is 1.97. The van der Waals surface area contributed by atoms with Gasteiger partial charge in [0.25, 0.3) is 0 Å². The highest BCUT2D eigenvalue weighted by Crippen LogP contribution is 1.99. The van der Waals surface area contributed by atoms with Gasteiger partial charge >= 0.3 is 0 Å². The van der Waals surface area contributed by atoms with Gasteiger partial charge in [0, 0.05) is 0 Å². The lowest BCUT2D eigenvalue weighted by atomic mass is 10.1. The molecule has 0 aliphatic rings. The molecule has 0 bridgehead atoms. The molecule has 0 aromatic heterocycles. The minimum Gasteiger partial charge on any atom is -0.393 e. The van der Waals surface area contributed by atoms with Crippen LogP contribution in [0.1, 0.15) is 0 Å². The van der Waals surface area contributed by atoms with Crippen LogP contribution in [0, 0.1) is 0 Å². The molecule has 0 aliphatic carbocycles. The Balaban J connectivity index is 3.95. The molecular formula is C5H11NO5. The van der Waals surface area contributed by atoms with Gasteiger partial charge in [-0.2, -0.15) is 0 Å². The van der Waals surface area contributed by atoms with Crippen LogP contribution in [0.3, 0.4) is 0 Å². The lowest BCUT2D eigenvalue weighted by Crippen LogP contribution is -2.43. The van der Waals surface area contributed by atoms with Crippen LogP contribution in [-0.2, 0) is 9.63 Å². The van der Waals surface area contributed by atoms with Gasteiger partial charge in [-0.15, -0.1) is 0 Å². The third kappa shape index (κ3) is 2.91. The third-order valence-corrected chi connectivity index (χ3v) is 1.22. The Morgan fingerprint density at radius 1 is 1.55 bits per heavy atom. The van der Waals surface area contributed by atoms with Crippen molar-refractivity contribution in [1.82, 2.24) is 0 Å². The topological polar surface area (TPSA) is 113 Å². The van der Waals surface area contributed by atoms with E-state index in [1.54, 1.807) is 0 Å². The van der Waals surface area contributed by atoms with Crippen LogP contribution < -0.4 is 5.90 Å². The van der Waals surface area contributed by atoms with E-state index in [0.717, 1.165) is 0 Å². The molecule has 5 N–H and O–H groups in total. The zero-order chi connectivity index (χ0) is 8.85. The molecule has 3 atom stereocenters. The Morgan fingerprint density at radius 3 is 2.36 bits per heavy atom. The number of carbonyl (C=O) groups excluding carboxylic acids is 1. The minimum absolute atomic E-state index is 0.131. The maximum Gasteiger partial charge on any atom is 0.151 e. The predicted octanol–water partition coefficient (Wildman–Crippen LogP) is -2.84. The zero-order valence-electron chi connectivity index (χ0n) is 5.75. The largest absolute Gasteiger partial charge is 0.393 e. The van der Waals surface area contributed by atoms with Crippen LogP contribution in [0.15, 0.2) is 0 Å². The van der Waals surface area contributed by atoms with Crippen molar-refractivity contribution in [2.45, 2.75) is 18.3 Å². The first-order valence-corrected chi connectivity index (χ1v) is 2.95. The van der Waals surface area contributed by atoms with Gasteiger partial charge in [0.15, 0.2) is 6.29 Å². The summed E-state index contributed by atoms with van der Waals surface area (Å²) in [5.41, 5.74) is 0. The number of hydrogen-bond donors (Lipinski definition) is 4. The van der Waals surface area contributed by atoms with Gasteiger partial charge in [-0.3, -0.25) is 4.84 Å². The maximum atomic E-state index is 9.89. The van der Waals surface area contributed by atoms with Crippen molar-refractivity contribution in [3.63, 3.8) is 0 Å². The maximum absolute atomic E-state index is 9.89. The molecule has 66 valence electrons. The molecule has 0 radical (unpaired) electrons. The Bertz CT molecular complexity index is 115. The fourth-order valence-corrected chi connectivity index (χ4v) is 0.532. The SMILES string of the molecule is NO[C@H](CO)[C@@H](O)[C@H](O)C=O. The molecule has 0 heterocycles. The molecule has 0 aliphatic heterocycles. The average molecular weight is 165 g/mol. The molecule has 0 aromatic carbocycles. The lowest BCUT2D eigenvalue weighted by molar-refractivity contribution is -0.134. The fourth-order valence-electron chi connectivity index (χ4n) is 0.532. The summed E-state index contributed by atoms with van der Waals surface area (Å²) in [6.45, 7) is -0.567. The Hall–Kier alpha value is -0.530.